The molecule has 144 valence electrons. The molecular weight excluding hydrogens is 342 g/mol. The molecule has 0 radical (unpaired) electrons. The van der Waals surface area contributed by atoms with E-state index < -0.39 is 5.97 Å². The van der Waals surface area contributed by atoms with E-state index >= 15 is 0 Å². The van der Waals surface area contributed by atoms with E-state index in [0.717, 1.165) is 32.7 Å². The number of para-hydroxylation sites is 1. The Hall–Kier alpha value is -2.73. The highest BCUT2D eigenvalue weighted by Crippen LogP contribution is 2.27. The van der Waals surface area contributed by atoms with Gasteiger partial charge in [0.2, 0.25) is 0 Å². The predicted molar refractivity (Wildman–Crippen MR) is 108 cm³/mol. The first kappa shape index (κ1) is 19.0. The molecule has 2 N–H and O–H groups in total. The number of methoxy groups -OCH3 is 1. The van der Waals surface area contributed by atoms with Gasteiger partial charge in [0.05, 0.1) is 12.8 Å². The van der Waals surface area contributed by atoms with Crippen molar-refractivity contribution in [3.63, 3.8) is 0 Å². The van der Waals surface area contributed by atoms with Crippen LogP contribution in [0.5, 0.6) is 5.75 Å². The average Bonchev–Trinajstić information content (AvgIpc) is 2.69. The van der Waals surface area contributed by atoms with Gasteiger partial charge < -0.3 is 20.1 Å². The minimum atomic E-state index is -0.542. The number of carbonyl (C=O) groups excluding carboxylic acids is 1. The number of carbonyl (C=O) groups is 1. The van der Waals surface area contributed by atoms with Crippen molar-refractivity contribution in [1.82, 2.24) is 4.90 Å². The standard InChI is InChI=1S/C21H27N3O3/c1-16(22-18-9-6-10-19(25)20(18)21(26)27-2)15-23-11-13-24(14-12-23)17-7-4-3-5-8-17/h3-10,16,22,25H,11-15H2,1-2H3. The van der Waals surface area contributed by atoms with E-state index in [4.69, 9.17) is 4.74 Å². The maximum Gasteiger partial charge on any atom is 0.343 e. The molecule has 1 fully saturated rings. The molecule has 1 aliphatic heterocycles. The lowest BCUT2D eigenvalue weighted by molar-refractivity contribution is 0.0598. The molecule has 0 amide bonds. The van der Waals surface area contributed by atoms with Gasteiger partial charge in [-0.3, -0.25) is 4.90 Å². The number of anilines is 2. The van der Waals surface area contributed by atoms with Gasteiger partial charge in [-0.25, -0.2) is 4.79 Å². The number of piperazine rings is 1. The lowest BCUT2D eigenvalue weighted by Crippen LogP contribution is -2.49. The number of rotatable bonds is 6. The highest BCUT2D eigenvalue weighted by molar-refractivity contribution is 5.98. The zero-order valence-electron chi connectivity index (χ0n) is 15.9. The van der Waals surface area contributed by atoms with Crippen LogP contribution in [0.3, 0.4) is 0 Å². The fourth-order valence-corrected chi connectivity index (χ4v) is 3.50. The largest absolute Gasteiger partial charge is 0.507 e. The summed E-state index contributed by atoms with van der Waals surface area (Å²) in [5.41, 5.74) is 2.05. The molecule has 6 nitrogen and oxygen atoms in total. The van der Waals surface area contributed by atoms with Crippen LogP contribution in [0, 0.1) is 0 Å². The molecule has 1 atom stereocenters. The number of nitrogens with one attached hydrogen (secondary N) is 1. The summed E-state index contributed by atoms with van der Waals surface area (Å²) in [6.45, 7) is 6.91. The predicted octanol–water partition coefficient (Wildman–Crippen LogP) is 2.80. The molecule has 0 aliphatic carbocycles. The first-order chi connectivity index (χ1) is 13.1. The van der Waals surface area contributed by atoms with E-state index in [9.17, 15) is 9.90 Å². The maximum absolute atomic E-state index is 12.0. The van der Waals surface area contributed by atoms with E-state index in [0.29, 0.717) is 5.69 Å². The molecule has 0 bridgehead atoms. The summed E-state index contributed by atoms with van der Waals surface area (Å²) in [5, 5.41) is 13.3. The second-order valence-corrected chi connectivity index (χ2v) is 6.86. The van der Waals surface area contributed by atoms with Crippen LogP contribution in [0.4, 0.5) is 11.4 Å². The number of nitrogens with zero attached hydrogens (tertiary/aromatic N) is 2. The third-order valence-corrected chi connectivity index (χ3v) is 4.86. The van der Waals surface area contributed by atoms with Crippen LogP contribution in [0.25, 0.3) is 0 Å². The van der Waals surface area contributed by atoms with Crippen LogP contribution in [0.1, 0.15) is 17.3 Å². The molecule has 0 saturated carbocycles. The summed E-state index contributed by atoms with van der Waals surface area (Å²) >= 11 is 0. The third-order valence-electron chi connectivity index (χ3n) is 4.86. The Bertz CT molecular complexity index is 759. The van der Waals surface area contributed by atoms with E-state index in [2.05, 4.69) is 46.3 Å². The minimum Gasteiger partial charge on any atom is -0.507 e. The second-order valence-electron chi connectivity index (χ2n) is 6.86. The van der Waals surface area contributed by atoms with Gasteiger partial charge in [0.25, 0.3) is 0 Å². The summed E-state index contributed by atoms with van der Waals surface area (Å²) in [7, 11) is 1.31. The molecule has 1 unspecified atom stereocenters. The Morgan fingerprint density at radius 3 is 2.48 bits per heavy atom. The average molecular weight is 369 g/mol. The molecule has 2 aromatic rings. The number of hydrogen-bond acceptors (Lipinski definition) is 6. The Balaban J connectivity index is 1.56. The van der Waals surface area contributed by atoms with Crippen LogP contribution < -0.4 is 10.2 Å². The topological polar surface area (TPSA) is 65.0 Å². The summed E-state index contributed by atoms with van der Waals surface area (Å²) in [4.78, 5) is 16.8. The maximum atomic E-state index is 12.0. The molecule has 0 aromatic heterocycles. The van der Waals surface area contributed by atoms with Crippen LogP contribution in [-0.4, -0.2) is 61.9 Å². The number of phenols is 1. The van der Waals surface area contributed by atoms with Gasteiger partial charge in [0.1, 0.15) is 11.3 Å². The number of phenolic OH excluding ortho intramolecular Hbond substituents is 1. The molecule has 27 heavy (non-hydrogen) atoms. The molecular formula is C21H27N3O3. The quantitative estimate of drug-likeness (QED) is 0.764. The number of benzene rings is 2. The van der Waals surface area contributed by atoms with Gasteiger partial charge in [0.15, 0.2) is 0 Å². The Morgan fingerprint density at radius 2 is 1.81 bits per heavy atom. The van der Waals surface area contributed by atoms with Crippen LogP contribution in [0.2, 0.25) is 0 Å². The summed E-state index contributed by atoms with van der Waals surface area (Å²) < 4.78 is 4.79. The number of aromatic hydroxyl groups is 1. The van der Waals surface area contributed by atoms with Crippen LogP contribution >= 0.6 is 0 Å². The Kier molecular flexibility index (Phi) is 6.19. The van der Waals surface area contributed by atoms with E-state index in [-0.39, 0.29) is 17.4 Å². The molecule has 1 aliphatic rings. The minimum absolute atomic E-state index is 0.0736. The van der Waals surface area contributed by atoms with Crippen molar-refractivity contribution < 1.29 is 14.6 Å². The summed E-state index contributed by atoms with van der Waals surface area (Å²) in [5.74, 6) is -0.616. The Morgan fingerprint density at radius 1 is 1.11 bits per heavy atom. The van der Waals surface area contributed by atoms with E-state index in [1.807, 2.05) is 6.07 Å². The van der Waals surface area contributed by atoms with Crippen molar-refractivity contribution in [2.24, 2.45) is 0 Å². The lowest BCUT2D eigenvalue weighted by atomic mass is 10.1. The molecule has 1 heterocycles. The lowest BCUT2D eigenvalue weighted by Gasteiger charge is -2.37. The third kappa shape index (κ3) is 4.71. The zero-order valence-corrected chi connectivity index (χ0v) is 15.9. The first-order valence-corrected chi connectivity index (χ1v) is 9.27. The van der Waals surface area contributed by atoms with Crippen LogP contribution in [0.15, 0.2) is 48.5 Å². The van der Waals surface area contributed by atoms with Crippen molar-refractivity contribution in [2.75, 3.05) is 50.1 Å². The first-order valence-electron chi connectivity index (χ1n) is 9.27. The molecule has 2 aromatic carbocycles. The monoisotopic (exact) mass is 369 g/mol. The molecule has 0 spiro atoms. The van der Waals surface area contributed by atoms with Gasteiger partial charge in [0, 0.05) is 44.5 Å². The molecule has 3 rings (SSSR count). The van der Waals surface area contributed by atoms with Gasteiger partial charge >= 0.3 is 5.97 Å². The highest BCUT2D eigenvalue weighted by atomic mass is 16.5. The highest BCUT2D eigenvalue weighted by Gasteiger charge is 2.21. The fourth-order valence-electron chi connectivity index (χ4n) is 3.50. The van der Waals surface area contributed by atoms with Crippen molar-refractivity contribution in [3.05, 3.63) is 54.1 Å². The van der Waals surface area contributed by atoms with Crippen LogP contribution in [-0.2, 0) is 4.74 Å². The van der Waals surface area contributed by atoms with Gasteiger partial charge in [-0.15, -0.1) is 0 Å². The Labute approximate surface area is 160 Å². The van der Waals surface area contributed by atoms with Gasteiger partial charge in [-0.05, 0) is 31.2 Å². The SMILES string of the molecule is COC(=O)c1c(O)cccc1NC(C)CN1CCN(c2ccccc2)CC1. The van der Waals surface area contributed by atoms with Crippen molar-refractivity contribution in [1.29, 1.82) is 0 Å². The van der Waals surface area contributed by atoms with Crippen molar-refractivity contribution >= 4 is 17.3 Å². The van der Waals surface area contributed by atoms with Gasteiger partial charge in [-0.1, -0.05) is 24.3 Å². The number of ether oxygens (including phenoxy) is 1. The van der Waals surface area contributed by atoms with Gasteiger partial charge in [-0.2, -0.15) is 0 Å². The van der Waals surface area contributed by atoms with Crippen molar-refractivity contribution in [3.8, 4) is 5.75 Å². The normalized spacial score (nSPS) is 16.0. The summed E-state index contributed by atoms with van der Waals surface area (Å²) in [6.07, 6.45) is 0. The second kappa shape index (κ2) is 8.77. The fraction of sp³-hybridized carbons (Fsp3) is 0.381. The molecule has 1 saturated heterocycles. The van der Waals surface area contributed by atoms with E-state index in [1.54, 1.807) is 12.1 Å². The smallest absolute Gasteiger partial charge is 0.343 e. The van der Waals surface area contributed by atoms with Crippen molar-refractivity contribution in [2.45, 2.75) is 13.0 Å². The number of hydrogen-bond donors (Lipinski definition) is 2. The van der Waals surface area contributed by atoms with E-state index in [1.165, 1.54) is 18.9 Å². The number of esters is 1. The molecule has 6 heteroatoms. The zero-order chi connectivity index (χ0) is 19.2. The summed E-state index contributed by atoms with van der Waals surface area (Å²) in [6, 6.07) is 15.6.